The molecule has 0 radical (unpaired) electrons. The number of alkyl halides is 3. The van der Waals surface area contributed by atoms with E-state index in [4.69, 9.17) is 10.5 Å². The van der Waals surface area contributed by atoms with Gasteiger partial charge in [0.1, 0.15) is 12.4 Å². The second-order valence-corrected chi connectivity index (χ2v) is 5.87. The van der Waals surface area contributed by atoms with Gasteiger partial charge in [0.15, 0.2) is 0 Å². The third kappa shape index (κ3) is 2.25. The van der Waals surface area contributed by atoms with E-state index in [-0.39, 0.29) is 6.04 Å². The molecule has 0 aromatic heterocycles. The van der Waals surface area contributed by atoms with Crippen LogP contribution in [0.1, 0.15) is 29.2 Å². The molecule has 0 saturated carbocycles. The number of fused-ring (bicyclic) bond motifs is 2. The zero-order valence-corrected chi connectivity index (χ0v) is 12.2. The van der Waals surface area contributed by atoms with Crippen LogP contribution in [0.25, 0.3) is 0 Å². The van der Waals surface area contributed by atoms with Gasteiger partial charge in [0.25, 0.3) is 0 Å². The molecule has 2 aromatic carbocycles. The molecule has 0 spiro atoms. The predicted molar refractivity (Wildman–Crippen MR) is 80.8 cm³/mol. The van der Waals surface area contributed by atoms with Crippen molar-refractivity contribution in [2.24, 2.45) is 5.73 Å². The van der Waals surface area contributed by atoms with Gasteiger partial charge in [-0.1, -0.05) is 18.2 Å². The van der Waals surface area contributed by atoms with Crippen molar-refractivity contribution in [1.82, 2.24) is 0 Å². The van der Waals surface area contributed by atoms with Crippen LogP contribution in [0, 0.1) is 0 Å². The van der Waals surface area contributed by atoms with Gasteiger partial charge in [-0.2, -0.15) is 13.2 Å². The SMILES string of the molecule is NC1CCN2c3cc(C(F)(F)F)ccc3OCc3cccc1c32. The van der Waals surface area contributed by atoms with Crippen molar-refractivity contribution >= 4 is 11.4 Å². The fourth-order valence-electron chi connectivity index (χ4n) is 3.31. The lowest BCUT2D eigenvalue weighted by Gasteiger charge is -2.35. The monoisotopic (exact) mass is 320 g/mol. The van der Waals surface area contributed by atoms with E-state index >= 15 is 0 Å². The Morgan fingerprint density at radius 1 is 1.17 bits per heavy atom. The van der Waals surface area contributed by atoms with Gasteiger partial charge >= 0.3 is 6.18 Å². The van der Waals surface area contributed by atoms with Crippen LogP contribution in [0.4, 0.5) is 24.5 Å². The first kappa shape index (κ1) is 14.4. The third-order valence-electron chi connectivity index (χ3n) is 4.44. The second-order valence-electron chi connectivity index (χ2n) is 5.87. The van der Waals surface area contributed by atoms with Gasteiger partial charge in [0.2, 0.25) is 0 Å². The number of halogens is 3. The molecule has 0 fully saturated rings. The van der Waals surface area contributed by atoms with Gasteiger partial charge in [0.05, 0.1) is 16.9 Å². The van der Waals surface area contributed by atoms with E-state index in [0.717, 1.165) is 28.9 Å². The second kappa shape index (κ2) is 4.89. The molecular weight excluding hydrogens is 305 g/mol. The van der Waals surface area contributed by atoms with E-state index < -0.39 is 11.7 Å². The average molecular weight is 320 g/mol. The molecule has 2 heterocycles. The summed E-state index contributed by atoms with van der Waals surface area (Å²) < 4.78 is 44.9. The first-order chi connectivity index (χ1) is 10.9. The van der Waals surface area contributed by atoms with Crippen molar-refractivity contribution in [3.05, 3.63) is 53.1 Å². The molecule has 3 nitrogen and oxygen atoms in total. The normalized spacial score (nSPS) is 19.5. The van der Waals surface area contributed by atoms with E-state index in [2.05, 4.69) is 0 Å². The fraction of sp³-hybridized carbons (Fsp3) is 0.294. The lowest BCUT2D eigenvalue weighted by atomic mass is 9.93. The number of anilines is 2. The van der Waals surface area contributed by atoms with E-state index in [1.54, 1.807) is 0 Å². The van der Waals surface area contributed by atoms with Crippen LogP contribution in [0.2, 0.25) is 0 Å². The van der Waals surface area contributed by atoms with Crippen LogP contribution in [0.3, 0.4) is 0 Å². The summed E-state index contributed by atoms with van der Waals surface area (Å²) in [6.07, 6.45) is -3.69. The Morgan fingerprint density at radius 3 is 2.78 bits per heavy atom. The summed E-state index contributed by atoms with van der Waals surface area (Å²) in [4.78, 5) is 1.91. The van der Waals surface area contributed by atoms with E-state index in [1.165, 1.54) is 6.07 Å². The van der Waals surface area contributed by atoms with Gasteiger partial charge in [0, 0.05) is 18.2 Å². The molecule has 2 aliphatic rings. The molecule has 4 rings (SSSR count). The van der Waals surface area contributed by atoms with Crippen molar-refractivity contribution in [3.8, 4) is 5.75 Å². The number of rotatable bonds is 0. The number of nitrogens with two attached hydrogens (primary N) is 1. The van der Waals surface area contributed by atoms with Crippen molar-refractivity contribution in [3.63, 3.8) is 0 Å². The third-order valence-corrected chi connectivity index (χ3v) is 4.44. The quantitative estimate of drug-likeness (QED) is 0.793. The van der Waals surface area contributed by atoms with Crippen molar-refractivity contribution in [2.45, 2.75) is 25.2 Å². The maximum atomic E-state index is 13.1. The molecule has 0 bridgehead atoms. The molecule has 6 heteroatoms. The van der Waals surface area contributed by atoms with Crippen LogP contribution >= 0.6 is 0 Å². The largest absolute Gasteiger partial charge is 0.487 e. The first-order valence-corrected chi connectivity index (χ1v) is 7.44. The maximum absolute atomic E-state index is 13.1. The molecule has 1 atom stereocenters. The highest BCUT2D eigenvalue weighted by Crippen LogP contribution is 2.47. The number of nitrogens with zero attached hydrogens (tertiary/aromatic N) is 1. The minimum Gasteiger partial charge on any atom is -0.487 e. The van der Waals surface area contributed by atoms with Gasteiger partial charge in [-0.3, -0.25) is 0 Å². The summed E-state index contributed by atoms with van der Waals surface area (Å²) in [5, 5.41) is 0. The van der Waals surface area contributed by atoms with Crippen LogP contribution < -0.4 is 15.4 Å². The van der Waals surface area contributed by atoms with E-state index in [0.29, 0.717) is 31.0 Å². The number of para-hydroxylation sites is 1. The van der Waals surface area contributed by atoms with Crippen molar-refractivity contribution in [2.75, 3.05) is 11.4 Å². The molecule has 2 aromatic rings. The van der Waals surface area contributed by atoms with Crippen LogP contribution in [0.5, 0.6) is 5.75 Å². The molecule has 0 amide bonds. The van der Waals surface area contributed by atoms with Gasteiger partial charge in [-0.05, 0) is 30.2 Å². The molecule has 1 unspecified atom stereocenters. The Labute approximate surface area is 131 Å². The zero-order chi connectivity index (χ0) is 16.2. The number of hydrogen-bond acceptors (Lipinski definition) is 3. The van der Waals surface area contributed by atoms with Gasteiger partial charge in [-0.15, -0.1) is 0 Å². The topological polar surface area (TPSA) is 38.5 Å². The summed E-state index contributed by atoms with van der Waals surface area (Å²) >= 11 is 0. The standard InChI is InChI=1S/C17H15F3N2O/c18-17(19,20)11-4-5-15-14(8-11)22-7-6-13(21)12-3-1-2-10(9-23-15)16(12)22/h1-5,8,13H,6-7,9,21H2. The Kier molecular flexibility index (Phi) is 3.06. The molecule has 0 saturated heterocycles. The van der Waals surface area contributed by atoms with Crippen LogP contribution in [-0.2, 0) is 12.8 Å². The van der Waals surface area contributed by atoms with Gasteiger partial charge in [-0.25, -0.2) is 0 Å². The Bertz CT molecular complexity index is 773. The first-order valence-electron chi connectivity index (χ1n) is 7.44. The Hall–Kier alpha value is -2.21. The molecular formula is C17H15F3N2O. The smallest absolute Gasteiger partial charge is 0.416 e. The predicted octanol–water partition coefficient (Wildman–Crippen LogP) is 4.14. The summed E-state index contributed by atoms with van der Waals surface area (Å²) in [5.41, 5.74) is 8.76. The number of hydrogen-bond donors (Lipinski definition) is 1. The summed E-state index contributed by atoms with van der Waals surface area (Å²) in [6, 6.07) is 9.31. The molecule has 2 N–H and O–H groups in total. The summed E-state index contributed by atoms with van der Waals surface area (Å²) in [5.74, 6) is 0.468. The maximum Gasteiger partial charge on any atom is 0.416 e. The lowest BCUT2D eigenvalue weighted by molar-refractivity contribution is -0.137. The summed E-state index contributed by atoms with van der Waals surface area (Å²) in [7, 11) is 0. The average Bonchev–Trinajstić information content (AvgIpc) is 2.68. The highest BCUT2D eigenvalue weighted by atomic mass is 19.4. The minimum absolute atomic E-state index is 0.103. The fourth-order valence-corrected chi connectivity index (χ4v) is 3.31. The number of benzene rings is 2. The number of ether oxygens (including phenoxy) is 1. The Balaban J connectivity index is 1.92. The van der Waals surface area contributed by atoms with Crippen molar-refractivity contribution in [1.29, 1.82) is 0 Å². The molecule has 120 valence electrons. The lowest BCUT2D eigenvalue weighted by Crippen LogP contribution is -2.30. The Morgan fingerprint density at radius 2 is 2.00 bits per heavy atom. The van der Waals surface area contributed by atoms with E-state index in [9.17, 15) is 13.2 Å². The molecule has 2 aliphatic heterocycles. The molecule has 23 heavy (non-hydrogen) atoms. The van der Waals surface area contributed by atoms with Gasteiger partial charge < -0.3 is 15.4 Å². The van der Waals surface area contributed by atoms with Crippen molar-refractivity contribution < 1.29 is 17.9 Å². The van der Waals surface area contributed by atoms with Crippen LogP contribution in [-0.4, -0.2) is 6.54 Å². The van der Waals surface area contributed by atoms with E-state index in [1.807, 2.05) is 23.1 Å². The minimum atomic E-state index is -4.38. The highest BCUT2D eigenvalue weighted by molar-refractivity contribution is 5.77. The summed E-state index contributed by atoms with van der Waals surface area (Å²) in [6.45, 7) is 0.896. The highest BCUT2D eigenvalue weighted by Gasteiger charge is 2.35. The zero-order valence-electron chi connectivity index (χ0n) is 12.2. The van der Waals surface area contributed by atoms with Crippen LogP contribution in [0.15, 0.2) is 36.4 Å². The molecule has 0 aliphatic carbocycles.